The number of hydrogen-bond acceptors (Lipinski definition) is 6. The van der Waals surface area contributed by atoms with E-state index in [0.717, 1.165) is 16.7 Å². The van der Waals surface area contributed by atoms with Crippen molar-refractivity contribution in [2.75, 3.05) is 5.75 Å². The van der Waals surface area contributed by atoms with Gasteiger partial charge in [0, 0.05) is 21.9 Å². The summed E-state index contributed by atoms with van der Waals surface area (Å²) >= 11 is 0. The Morgan fingerprint density at radius 2 is 2.06 bits per heavy atom. The molecule has 92 valence electrons. The van der Waals surface area contributed by atoms with Crippen LogP contribution >= 0.6 is 21.6 Å². The molecule has 0 N–H and O–H groups in total. The van der Waals surface area contributed by atoms with Crippen LogP contribution in [0.1, 0.15) is 6.92 Å². The lowest BCUT2D eigenvalue weighted by Crippen LogP contribution is -1.71. The van der Waals surface area contributed by atoms with Crippen LogP contribution in [-0.4, -0.2) is 16.0 Å². The fraction of sp³-hybridized carbons (Fsp3) is 0.167. The van der Waals surface area contributed by atoms with Gasteiger partial charge in [-0.05, 0) is 12.1 Å². The summed E-state index contributed by atoms with van der Waals surface area (Å²) in [7, 11) is 3.14. The predicted octanol–water partition coefficient (Wildman–Crippen LogP) is 4.24. The molecule has 3 rings (SSSR count). The van der Waals surface area contributed by atoms with Crippen LogP contribution < -0.4 is 0 Å². The Morgan fingerprint density at radius 3 is 2.89 bits per heavy atom. The van der Waals surface area contributed by atoms with Crippen molar-refractivity contribution < 1.29 is 8.83 Å². The molecule has 1 aromatic carbocycles. The van der Waals surface area contributed by atoms with Crippen LogP contribution in [0, 0.1) is 0 Å². The van der Waals surface area contributed by atoms with Gasteiger partial charge in [0.05, 0.1) is 0 Å². The van der Waals surface area contributed by atoms with Gasteiger partial charge in [0.25, 0.3) is 11.1 Å². The SMILES string of the molecule is CCSSc1nnc(-c2cc3ccccc3o2)o1. The third-order valence-corrected chi connectivity index (χ3v) is 4.44. The van der Waals surface area contributed by atoms with E-state index in [9.17, 15) is 0 Å². The molecule has 0 saturated carbocycles. The van der Waals surface area contributed by atoms with Crippen molar-refractivity contribution in [1.29, 1.82) is 0 Å². The smallest absolute Gasteiger partial charge is 0.287 e. The van der Waals surface area contributed by atoms with Crippen LogP contribution in [-0.2, 0) is 0 Å². The Morgan fingerprint density at radius 1 is 1.17 bits per heavy atom. The fourth-order valence-corrected chi connectivity index (χ4v) is 2.80. The lowest BCUT2D eigenvalue weighted by atomic mass is 10.2. The topological polar surface area (TPSA) is 52.1 Å². The molecule has 18 heavy (non-hydrogen) atoms. The lowest BCUT2D eigenvalue weighted by molar-refractivity contribution is 0.453. The van der Waals surface area contributed by atoms with Crippen LogP contribution in [0.2, 0.25) is 0 Å². The Balaban J connectivity index is 1.91. The molecular weight excluding hydrogens is 268 g/mol. The molecule has 0 spiro atoms. The molecule has 6 heteroatoms. The van der Waals surface area contributed by atoms with Crippen molar-refractivity contribution in [2.45, 2.75) is 12.1 Å². The second-order valence-corrected chi connectivity index (χ2v) is 6.05. The van der Waals surface area contributed by atoms with E-state index >= 15 is 0 Å². The summed E-state index contributed by atoms with van der Waals surface area (Å²) in [5.74, 6) is 2.02. The third kappa shape index (κ3) is 2.26. The maximum absolute atomic E-state index is 5.66. The molecule has 0 aliphatic rings. The Labute approximate surface area is 112 Å². The van der Waals surface area contributed by atoms with Crippen LogP contribution in [0.4, 0.5) is 0 Å². The van der Waals surface area contributed by atoms with E-state index in [2.05, 4.69) is 17.1 Å². The van der Waals surface area contributed by atoms with Crippen molar-refractivity contribution in [1.82, 2.24) is 10.2 Å². The summed E-state index contributed by atoms with van der Waals surface area (Å²) in [4.78, 5) is 0. The second-order valence-electron chi connectivity index (χ2n) is 3.51. The zero-order chi connectivity index (χ0) is 12.4. The van der Waals surface area contributed by atoms with Gasteiger partial charge in [0.2, 0.25) is 0 Å². The van der Waals surface area contributed by atoms with Crippen LogP contribution in [0.5, 0.6) is 0 Å². The molecule has 0 atom stereocenters. The minimum Gasteiger partial charge on any atom is -0.451 e. The number of aromatic nitrogens is 2. The molecule has 2 aromatic heterocycles. The minimum atomic E-state index is 0.422. The molecule has 3 aromatic rings. The molecular formula is C12H10N2O2S2. The van der Waals surface area contributed by atoms with E-state index < -0.39 is 0 Å². The Bertz CT molecular complexity index is 630. The molecule has 0 saturated heterocycles. The quantitative estimate of drug-likeness (QED) is 0.665. The molecule has 0 amide bonds. The average Bonchev–Trinajstić information content (AvgIpc) is 3.02. The van der Waals surface area contributed by atoms with Gasteiger partial charge < -0.3 is 8.83 Å². The number of rotatable bonds is 4. The molecule has 0 bridgehead atoms. The Hall–Kier alpha value is -1.40. The normalized spacial score (nSPS) is 11.2. The molecule has 0 radical (unpaired) electrons. The monoisotopic (exact) mass is 278 g/mol. The van der Waals surface area contributed by atoms with Gasteiger partial charge in [0.15, 0.2) is 5.76 Å². The largest absolute Gasteiger partial charge is 0.451 e. The molecule has 0 fully saturated rings. The standard InChI is InChI=1S/C12H10N2O2S2/c1-2-17-18-12-14-13-11(16-12)10-7-8-5-3-4-6-9(8)15-10/h3-7H,2H2,1H3. The van der Waals surface area contributed by atoms with Crippen LogP contribution in [0.3, 0.4) is 0 Å². The van der Waals surface area contributed by atoms with E-state index in [1.807, 2.05) is 30.3 Å². The van der Waals surface area contributed by atoms with Gasteiger partial charge in [0.1, 0.15) is 5.58 Å². The number of furan rings is 1. The van der Waals surface area contributed by atoms with Crippen LogP contribution in [0.15, 0.2) is 44.4 Å². The molecule has 4 nitrogen and oxygen atoms in total. The molecule has 0 aliphatic heterocycles. The summed E-state index contributed by atoms with van der Waals surface area (Å²) in [5.41, 5.74) is 0.822. The van der Waals surface area contributed by atoms with Gasteiger partial charge in [-0.25, -0.2) is 0 Å². The highest BCUT2D eigenvalue weighted by molar-refractivity contribution is 8.76. The minimum absolute atomic E-state index is 0.422. The fourth-order valence-electron chi connectivity index (χ4n) is 1.54. The lowest BCUT2D eigenvalue weighted by Gasteiger charge is -1.88. The highest BCUT2D eigenvalue weighted by Crippen LogP contribution is 2.33. The highest BCUT2D eigenvalue weighted by atomic mass is 33.1. The summed E-state index contributed by atoms with van der Waals surface area (Å²) in [5, 5.41) is 9.54. The maximum Gasteiger partial charge on any atom is 0.287 e. The molecule has 2 heterocycles. The number of nitrogens with zero attached hydrogens (tertiary/aromatic N) is 2. The molecule has 0 aliphatic carbocycles. The first-order chi connectivity index (χ1) is 8.86. The number of benzene rings is 1. The first kappa shape index (κ1) is 11.7. The number of para-hydroxylation sites is 1. The van der Waals surface area contributed by atoms with E-state index in [1.165, 1.54) is 10.8 Å². The van der Waals surface area contributed by atoms with Gasteiger partial charge in [-0.2, -0.15) is 0 Å². The summed E-state index contributed by atoms with van der Waals surface area (Å²) in [6.07, 6.45) is 0. The van der Waals surface area contributed by atoms with Gasteiger partial charge >= 0.3 is 0 Å². The second kappa shape index (κ2) is 5.07. The summed E-state index contributed by atoms with van der Waals surface area (Å²) in [6, 6.07) is 9.71. The zero-order valence-electron chi connectivity index (χ0n) is 9.62. The van der Waals surface area contributed by atoms with Crippen molar-refractivity contribution in [3.8, 4) is 11.7 Å². The van der Waals surface area contributed by atoms with Gasteiger partial charge in [-0.15, -0.1) is 5.10 Å². The van der Waals surface area contributed by atoms with E-state index in [-0.39, 0.29) is 0 Å². The highest BCUT2D eigenvalue weighted by Gasteiger charge is 2.13. The first-order valence-electron chi connectivity index (χ1n) is 5.48. The Kier molecular flexibility index (Phi) is 3.29. The van der Waals surface area contributed by atoms with E-state index in [4.69, 9.17) is 8.83 Å². The van der Waals surface area contributed by atoms with Crippen LogP contribution in [0.25, 0.3) is 22.6 Å². The van der Waals surface area contributed by atoms with Gasteiger partial charge in [-0.1, -0.05) is 41.0 Å². The summed E-state index contributed by atoms with van der Waals surface area (Å²) < 4.78 is 11.2. The molecule has 0 unspecified atom stereocenters. The van der Waals surface area contributed by atoms with E-state index in [1.54, 1.807) is 10.8 Å². The van der Waals surface area contributed by atoms with Crippen molar-refractivity contribution >= 4 is 32.6 Å². The van der Waals surface area contributed by atoms with Crippen molar-refractivity contribution in [3.05, 3.63) is 30.3 Å². The third-order valence-electron chi connectivity index (χ3n) is 2.29. The maximum atomic E-state index is 5.66. The predicted molar refractivity (Wildman–Crippen MR) is 73.5 cm³/mol. The number of fused-ring (bicyclic) bond motifs is 1. The first-order valence-corrected chi connectivity index (χ1v) is 7.80. The van der Waals surface area contributed by atoms with E-state index in [0.29, 0.717) is 16.9 Å². The van der Waals surface area contributed by atoms with Crippen molar-refractivity contribution in [3.63, 3.8) is 0 Å². The zero-order valence-corrected chi connectivity index (χ0v) is 11.3. The van der Waals surface area contributed by atoms with Gasteiger partial charge in [-0.3, -0.25) is 0 Å². The number of hydrogen-bond donors (Lipinski definition) is 0. The summed E-state index contributed by atoms with van der Waals surface area (Å²) in [6.45, 7) is 2.08. The van der Waals surface area contributed by atoms with Crippen molar-refractivity contribution in [2.24, 2.45) is 0 Å². The average molecular weight is 278 g/mol.